The van der Waals surface area contributed by atoms with E-state index in [2.05, 4.69) is 32.1 Å². The molecule has 1 aromatic carbocycles. The molecule has 12 heavy (non-hydrogen) atoms. The molecule has 0 saturated heterocycles. The third-order valence-corrected chi connectivity index (χ3v) is 1.73. The molecular weight excluding hydrogens is 146 g/mol. The fourth-order valence-corrected chi connectivity index (χ4v) is 0.976. The van der Waals surface area contributed by atoms with E-state index in [-0.39, 0.29) is 0 Å². The highest BCUT2D eigenvalue weighted by atomic mass is 14.5. The van der Waals surface area contributed by atoms with Crippen molar-refractivity contribution in [1.82, 2.24) is 0 Å². The number of hydrogen-bond acceptors (Lipinski definition) is 1. The van der Waals surface area contributed by atoms with Crippen LogP contribution in [0.3, 0.4) is 0 Å². The van der Waals surface area contributed by atoms with Crippen LogP contribution in [0.4, 0.5) is 5.69 Å². The Labute approximate surface area is 73.9 Å². The van der Waals surface area contributed by atoms with Crippen LogP contribution in [-0.2, 0) is 6.42 Å². The van der Waals surface area contributed by atoms with Gasteiger partial charge in [0.2, 0.25) is 0 Å². The molecule has 64 valence electrons. The van der Waals surface area contributed by atoms with Crippen LogP contribution < -0.4 is 5.73 Å². The summed E-state index contributed by atoms with van der Waals surface area (Å²) in [5.41, 5.74) is 9.06. The van der Waals surface area contributed by atoms with Crippen LogP contribution in [0.2, 0.25) is 0 Å². The molecule has 0 aromatic heterocycles. The Kier molecular flexibility index (Phi) is 2.92. The zero-order chi connectivity index (χ0) is 8.97. The summed E-state index contributed by atoms with van der Waals surface area (Å²) >= 11 is 0. The molecule has 1 nitrogen and oxygen atoms in total. The summed E-state index contributed by atoms with van der Waals surface area (Å²) in [5.74, 6) is 0. The van der Waals surface area contributed by atoms with Gasteiger partial charge in [0.25, 0.3) is 0 Å². The zero-order valence-electron chi connectivity index (χ0n) is 7.67. The Morgan fingerprint density at radius 1 is 1.25 bits per heavy atom. The standard InChI is InChI=1S/C11H15N/c1-9(2)3-4-10-5-7-11(12)8-6-10/h3,5-8H,4,12H2,1-2H3. The highest BCUT2D eigenvalue weighted by Gasteiger charge is 1.88. The molecular formula is C11H15N. The van der Waals surface area contributed by atoms with E-state index in [0.29, 0.717) is 0 Å². The summed E-state index contributed by atoms with van der Waals surface area (Å²) in [6.45, 7) is 4.22. The van der Waals surface area contributed by atoms with Crippen LogP contribution in [0.1, 0.15) is 19.4 Å². The normalized spacial score (nSPS) is 9.50. The molecule has 0 heterocycles. The van der Waals surface area contributed by atoms with E-state index >= 15 is 0 Å². The molecule has 0 aliphatic rings. The molecule has 0 atom stereocenters. The second kappa shape index (κ2) is 3.96. The van der Waals surface area contributed by atoms with E-state index in [9.17, 15) is 0 Å². The summed E-state index contributed by atoms with van der Waals surface area (Å²) in [6, 6.07) is 8.01. The number of rotatable bonds is 2. The lowest BCUT2D eigenvalue weighted by Crippen LogP contribution is -1.85. The molecule has 0 unspecified atom stereocenters. The number of benzene rings is 1. The minimum absolute atomic E-state index is 0.830. The Bertz CT molecular complexity index is 266. The van der Waals surface area contributed by atoms with Crippen molar-refractivity contribution in [3.63, 3.8) is 0 Å². The number of nitrogen functional groups attached to an aromatic ring is 1. The number of allylic oxidation sites excluding steroid dienone is 2. The molecule has 1 aromatic rings. The van der Waals surface area contributed by atoms with Gasteiger partial charge in [-0.3, -0.25) is 0 Å². The van der Waals surface area contributed by atoms with Gasteiger partial charge in [-0.15, -0.1) is 0 Å². The predicted molar refractivity (Wildman–Crippen MR) is 54.0 cm³/mol. The monoisotopic (exact) mass is 161 g/mol. The molecule has 0 spiro atoms. The molecule has 0 bridgehead atoms. The molecule has 0 radical (unpaired) electrons. The molecule has 1 rings (SSSR count). The third-order valence-electron chi connectivity index (χ3n) is 1.73. The summed E-state index contributed by atoms with van der Waals surface area (Å²) in [5, 5.41) is 0. The van der Waals surface area contributed by atoms with Gasteiger partial charge in [-0.2, -0.15) is 0 Å². The van der Waals surface area contributed by atoms with Gasteiger partial charge < -0.3 is 5.73 Å². The first-order valence-corrected chi connectivity index (χ1v) is 4.16. The zero-order valence-corrected chi connectivity index (χ0v) is 7.67. The second-order valence-electron chi connectivity index (χ2n) is 3.23. The molecule has 0 aliphatic heterocycles. The molecule has 2 N–H and O–H groups in total. The van der Waals surface area contributed by atoms with Crippen LogP contribution in [0.5, 0.6) is 0 Å². The lowest BCUT2D eigenvalue weighted by atomic mass is 10.1. The summed E-state index contributed by atoms with van der Waals surface area (Å²) in [4.78, 5) is 0. The topological polar surface area (TPSA) is 26.0 Å². The van der Waals surface area contributed by atoms with Gasteiger partial charge in [0.15, 0.2) is 0 Å². The largest absolute Gasteiger partial charge is 0.399 e. The van der Waals surface area contributed by atoms with Gasteiger partial charge in [-0.05, 0) is 38.0 Å². The van der Waals surface area contributed by atoms with Crippen LogP contribution in [0.15, 0.2) is 35.9 Å². The van der Waals surface area contributed by atoms with Crippen molar-refractivity contribution < 1.29 is 0 Å². The highest BCUT2D eigenvalue weighted by molar-refractivity contribution is 5.39. The van der Waals surface area contributed by atoms with E-state index in [1.54, 1.807) is 0 Å². The number of anilines is 1. The first kappa shape index (κ1) is 8.85. The van der Waals surface area contributed by atoms with Crippen molar-refractivity contribution in [1.29, 1.82) is 0 Å². The van der Waals surface area contributed by atoms with Gasteiger partial charge in [0.05, 0.1) is 0 Å². The van der Waals surface area contributed by atoms with Gasteiger partial charge in [-0.1, -0.05) is 23.8 Å². The number of hydrogen-bond donors (Lipinski definition) is 1. The van der Waals surface area contributed by atoms with Gasteiger partial charge in [0, 0.05) is 5.69 Å². The van der Waals surface area contributed by atoms with E-state index in [1.807, 2.05) is 12.1 Å². The Morgan fingerprint density at radius 3 is 2.33 bits per heavy atom. The SMILES string of the molecule is CC(C)=CCc1ccc(N)cc1. The lowest BCUT2D eigenvalue weighted by Gasteiger charge is -1.97. The molecule has 1 heteroatoms. The van der Waals surface area contributed by atoms with E-state index in [0.717, 1.165) is 12.1 Å². The smallest absolute Gasteiger partial charge is 0.0314 e. The van der Waals surface area contributed by atoms with Crippen molar-refractivity contribution >= 4 is 5.69 Å². The fourth-order valence-electron chi connectivity index (χ4n) is 0.976. The summed E-state index contributed by atoms with van der Waals surface area (Å²) in [6.07, 6.45) is 3.22. The quantitative estimate of drug-likeness (QED) is 0.524. The Balaban J connectivity index is 2.65. The van der Waals surface area contributed by atoms with E-state index in [4.69, 9.17) is 5.73 Å². The highest BCUT2D eigenvalue weighted by Crippen LogP contribution is 2.07. The van der Waals surface area contributed by atoms with Crippen molar-refractivity contribution in [2.45, 2.75) is 20.3 Å². The van der Waals surface area contributed by atoms with Gasteiger partial charge in [0.1, 0.15) is 0 Å². The minimum atomic E-state index is 0.830. The Hall–Kier alpha value is -1.24. The van der Waals surface area contributed by atoms with E-state index < -0.39 is 0 Å². The third kappa shape index (κ3) is 2.79. The second-order valence-corrected chi connectivity index (χ2v) is 3.23. The average molecular weight is 161 g/mol. The van der Waals surface area contributed by atoms with Crippen molar-refractivity contribution in [2.24, 2.45) is 0 Å². The predicted octanol–water partition coefficient (Wildman–Crippen LogP) is 2.78. The maximum Gasteiger partial charge on any atom is 0.0314 e. The van der Waals surface area contributed by atoms with Crippen LogP contribution >= 0.6 is 0 Å². The van der Waals surface area contributed by atoms with Crippen LogP contribution in [0.25, 0.3) is 0 Å². The van der Waals surface area contributed by atoms with Crippen molar-refractivity contribution in [3.8, 4) is 0 Å². The fraction of sp³-hybridized carbons (Fsp3) is 0.273. The lowest BCUT2D eigenvalue weighted by molar-refractivity contribution is 1.21. The molecule has 0 fully saturated rings. The number of nitrogens with two attached hydrogens (primary N) is 1. The van der Waals surface area contributed by atoms with Gasteiger partial charge >= 0.3 is 0 Å². The van der Waals surface area contributed by atoms with Crippen molar-refractivity contribution in [3.05, 3.63) is 41.5 Å². The maximum absolute atomic E-state index is 5.57. The summed E-state index contributed by atoms with van der Waals surface area (Å²) < 4.78 is 0. The van der Waals surface area contributed by atoms with Crippen LogP contribution in [-0.4, -0.2) is 0 Å². The van der Waals surface area contributed by atoms with Crippen LogP contribution in [0, 0.1) is 0 Å². The minimum Gasteiger partial charge on any atom is -0.399 e. The van der Waals surface area contributed by atoms with E-state index in [1.165, 1.54) is 11.1 Å². The van der Waals surface area contributed by atoms with Crippen molar-refractivity contribution in [2.75, 3.05) is 5.73 Å². The Morgan fingerprint density at radius 2 is 1.83 bits per heavy atom. The summed E-state index contributed by atoms with van der Waals surface area (Å²) in [7, 11) is 0. The first-order chi connectivity index (χ1) is 5.68. The molecule has 0 saturated carbocycles. The van der Waals surface area contributed by atoms with Gasteiger partial charge in [-0.25, -0.2) is 0 Å². The maximum atomic E-state index is 5.57. The molecule has 0 aliphatic carbocycles. The molecule has 0 amide bonds. The first-order valence-electron chi connectivity index (χ1n) is 4.16. The average Bonchev–Trinajstić information content (AvgIpc) is 2.03.